The van der Waals surface area contributed by atoms with Crippen molar-refractivity contribution in [1.82, 2.24) is 19.6 Å². The SMILES string of the molecule is CC(=O)N1Cc2cc(C3CCC(=O)N(CC(C)O)C3)cc(N3CCCc4cc(-c5cnn(C)c5)c(C(F)F)cc43)c2C1. The average molecular weight is 578 g/mol. The summed E-state index contributed by atoms with van der Waals surface area (Å²) in [5.74, 6) is 0.112. The number of hydrogen-bond donors (Lipinski definition) is 1. The zero-order valence-electron chi connectivity index (χ0n) is 24.3. The van der Waals surface area contributed by atoms with Gasteiger partial charge in [0.25, 0.3) is 6.43 Å². The molecule has 0 saturated carbocycles. The largest absolute Gasteiger partial charge is 0.392 e. The molecule has 0 spiro atoms. The van der Waals surface area contributed by atoms with E-state index >= 15 is 0 Å². The van der Waals surface area contributed by atoms with E-state index in [1.165, 1.54) is 0 Å². The topological polar surface area (TPSA) is 81.9 Å². The van der Waals surface area contributed by atoms with Crippen LogP contribution in [0.2, 0.25) is 0 Å². The summed E-state index contributed by atoms with van der Waals surface area (Å²) in [5, 5.41) is 14.2. The van der Waals surface area contributed by atoms with Gasteiger partial charge >= 0.3 is 0 Å². The molecule has 3 aliphatic heterocycles. The van der Waals surface area contributed by atoms with Gasteiger partial charge in [-0.05, 0) is 66.6 Å². The first kappa shape index (κ1) is 28.3. The third-order valence-electron chi connectivity index (χ3n) is 8.86. The van der Waals surface area contributed by atoms with Crippen molar-refractivity contribution in [3.8, 4) is 11.1 Å². The number of likely N-dealkylation sites (tertiary alicyclic amines) is 1. The minimum Gasteiger partial charge on any atom is -0.392 e. The lowest BCUT2D eigenvalue weighted by atomic mass is 9.87. The predicted octanol–water partition coefficient (Wildman–Crippen LogP) is 5.06. The first-order valence-electron chi connectivity index (χ1n) is 14.7. The smallest absolute Gasteiger partial charge is 0.264 e. The summed E-state index contributed by atoms with van der Waals surface area (Å²) in [6, 6.07) is 7.84. The van der Waals surface area contributed by atoms with Crippen LogP contribution in [0.5, 0.6) is 0 Å². The van der Waals surface area contributed by atoms with Crippen molar-refractivity contribution < 1.29 is 23.5 Å². The molecule has 222 valence electrons. The van der Waals surface area contributed by atoms with Crippen LogP contribution in [0.1, 0.15) is 73.3 Å². The number of carbonyl (C=O) groups is 2. The maximum atomic E-state index is 14.5. The van der Waals surface area contributed by atoms with E-state index in [4.69, 9.17) is 0 Å². The Kier molecular flexibility index (Phi) is 7.51. The fourth-order valence-electron chi connectivity index (χ4n) is 6.79. The van der Waals surface area contributed by atoms with Crippen LogP contribution in [0.4, 0.5) is 20.2 Å². The van der Waals surface area contributed by atoms with Crippen LogP contribution in [-0.4, -0.2) is 62.2 Å². The molecule has 1 saturated heterocycles. The van der Waals surface area contributed by atoms with E-state index in [-0.39, 0.29) is 23.3 Å². The number of aromatic nitrogens is 2. The first-order valence-corrected chi connectivity index (χ1v) is 14.7. The zero-order chi connectivity index (χ0) is 29.7. The van der Waals surface area contributed by atoms with Crippen LogP contribution in [0, 0.1) is 0 Å². The number of piperidine rings is 1. The number of aliphatic hydroxyl groups excluding tert-OH is 1. The van der Waals surface area contributed by atoms with E-state index in [2.05, 4.69) is 22.1 Å². The van der Waals surface area contributed by atoms with Crippen molar-refractivity contribution in [3.63, 3.8) is 0 Å². The second-order valence-electron chi connectivity index (χ2n) is 12.0. The minimum atomic E-state index is -2.65. The molecule has 2 amide bonds. The number of aryl methyl sites for hydroxylation is 2. The monoisotopic (exact) mass is 577 g/mol. The summed E-state index contributed by atoms with van der Waals surface area (Å²) in [5.41, 5.74) is 7.06. The summed E-state index contributed by atoms with van der Waals surface area (Å²) in [4.78, 5) is 30.7. The number of aliphatic hydroxyl groups is 1. The molecule has 2 unspecified atom stereocenters. The second kappa shape index (κ2) is 11.1. The van der Waals surface area contributed by atoms with E-state index in [0.717, 1.165) is 46.5 Å². The van der Waals surface area contributed by atoms with Gasteiger partial charge in [-0.25, -0.2) is 8.78 Å². The van der Waals surface area contributed by atoms with Crippen LogP contribution in [0.25, 0.3) is 11.1 Å². The van der Waals surface area contributed by atoms with Crippen molar-refractivity contribution >= 4 is 23.2 Å². The number of anilines is 2. The van der Waals surface area contributed by atoms with Gasteiger partial charge in [-0.1, -0.05) is 6.07 Å². The molecule has 10 heteroatoms. The number of amides is 2. The molecule has 0 radical (unpaired) electrons. The van der Waals surface area contributed by atoms with Crippen LogP contribution in [0.15, 0.2) is 36.7 Å². The summed E-state index contributed by atoms with van der Waals surface area (Å²) < 4.78 is 30.6. The highest BCUT2D eigenvalue weighted by atomic mass is 19.3. The number of β-amino-alcohol motifs (C(OH)–C–C–N with tert-alkyl or cyclic N) is 1. The zero-order valence-corrected chi connectivity index (χ0v) is 24.3. The van der Waals surface area contributed by atoms with Crippen molar-refractivity contribution in [2.24, 2.45) is 7.05 Å². The molecule has 2 aromatic carbocycles. The van der Waals surface area contributed by atoms with Gasteiger partial charge in [0.1, 0.15) is 0 Å². The van der Waals surface area contributed by atoms with E-state index in [9.17, 15) is 23.5 Å². The Balaban J connectivity index is 1.44. The molecule has 4 heterocycles. The van der Waals surface area contributed by atoms with Crippen LogP contribution in [-0.2, 0) is 36.1 Å². The quantitative estimate of drug-likeness (QED) is 0.443. The lowest BCUT2D eigenvalue weighted by Crippen LogP contribution is -2.42. The van der Waals surface area contributed by atoms with Gasteiger partial charge in [-0.3, -0.25) is 14.3 Å². The van der Waals surface area contributed by atoms with Crippen molar-refractivity contribution in [3.05, 3.63) is 64.5 Å². The highest BCUT2D eigenvalue weighted by Crippen LogP contribution is 2.45. The van der Waals surface area contributed by atoms with Crippen molar-refractivity contribution in [2.75, 3.05) is 24.5 Å². The Morgan fingerprint density at radius 3 is 2.62 bits per heavy atom. The summed E-state index contributed by atoms with van der Waals surface area (Å²) in [6.07, 6.45) is 2.87. The third kappa shape index (κ3) is 5.28. The van der Waals surface area contributed by atoms with Crippen molar-refractivity contribution in [2.45, 2.75) is 71.1 Å². The van der Waals surface area contributed by atoms with Gasteiger partial charge in [0, 0.05) is 93.3 Å². The number of carbonyl (C=O) groups excluding carboxylic acids is 2. The molecule has 0 aliphatic carbocycles. The van der Waals surface area contributed by atoms with Gasteiger partial charge < -0.3 is 19.8 Å². The molecule has 3 aromatic rings. The fraction of sp³-hybridized carbons (Fsp3) is 0.469. The standard InChI is InChI=1S/C32H37F2N5O3/c1-19(40)14-38-16-22(6-7-31(38)42)23-9-24-17-37(20(2)41)18-28(24)30(11-23)39-8-4-5-21-10-26(25-13-35-36(3)15-25)27(32(33)34)12-29(21)39/h9-13,15,19,22,32,40H,4-8,14,16-18H2,1-3H3. The molecule has 2 atom stereocenters. The number of halogens is 2. The van der Waals surface area contributed by atoms with Gasteiger partial charge in [-0.2, -0.15) is 5.10 Å². The molecule has 6 rings (SSSR count). The third-order valence-corrected chi connectivity index (χ3v) is 8.86. The Morgan fingerprint density at radius 2 is 1.93 bits per heavy atom. The van der Waals surface area contributed by atoms with Crippen LogP contribution >= 0.6 is 0 Å². The maximum Gasteiger partial charge on any atom is 0.264 e. The first-order chi connectivity index (χ1) is 20.1. The fourth-order valence-corrected chi connectivity index (χ4v) is 6.79. The van der Waals surface area contributed by atoms with Gasteiger partial charge in [-0.15, -0.1) is 0 Å². The second-order valence-corrected chi connectivity index (χ2v) is 12.0. The Morgan fingerprint density at radius 1 is 1.12 bits per heavy atom. The molecule has 3 aliphatic rings. The Hall–Kier alpha value is -3.79. The number of benzene rings is 2. The molecular formula is C32H37F2N5O3. The predicted molar refractivity (Wildman–Crippen MR) is 156 cm³/mol. The van der Waals surface area contributed by atoms with E-state index < -0.39 is 12.5 Å². The summed E-state index contributed by atoms with van der Waals surface area (Å²) >= 11 is 0. The van der Waals surface area contributed by atoms with E-state index in [1.807, 2.05) is 11.0 Å². The van der Waals surface area contributed by atoms with Gasteiger partial charge in [0.05, 0.1) is 12.3 Å². The van der Waals surface area contributed by atoms with Gasteiger partial charge in [0.15, 0.2) is 0 Å². The van der Waals surface area contributed by atoms with Crippen molar-refractivity contribution in [1.29, 1.82) is 0 Å². The number of fused-ring (bicyclic) bond motifs is 2. The molecule has 1 aromatic heterocycles. The lowest BCUT2D eigenvalue weighted by molar-refractivity contribution is -0.135. The number of alkyl halides is 2. The minimum absolute atomic E-state index is 0.00906. The molecule has 42 heavy (non-hydrogen) atoms. The average Bonchev–Trinajstić information content (AvgIpc) is 3.59. The van der Waals surface area contributed by atoms with Crippen LogP contribution in [0.3, 0.4) is 0 Å². The number of rotatable bonds is 6. The van der Waals surface area contributed by atoms with E-state index in [1.54, 1.807) is 48.9 Å². The van der Waals surface area contributed by atoms with Crippen LogP contribution < -0.4 is 4.90 Å². The number of nitrogens with zero attached hydrogens (tertiary/aromatic N) is 5. The van der Waals surface area contributed by atoms with Gasteiger partial charge in [0.2, 0.25) is 11.8 Å². The normalized spacial score (nSPS) is 19.4. The summed E-state index contributed by atoms with van der Waals surface area (Å²) in [7, 11) is 1.77. The molecule has 0 bridgehead atoms. The lowest BCUT2D eigenvalue weighted by Gasteiger charge is -2.36. The highest BCUT2D eigenvalue weighted by molar-refractivity contribution is 5.81. The Bertz CT molecular complexity index is 1530. The maximum absolute atomic E-state index is 14.5. The molecule has 1 N–H and O–H groups in total. The molecule has 8 nitrogen and oxygen atoms in total. The molecule has 1 fully saturated rings. The molecular weight excluding hydrogens is 540 g/mol. The highest BCUT2D eigenvalue weighted by Gasteiger charge is 2.33. The number of hydrogen-bond acceptors (Lipinski definition) is 5. The summed E-state index contributed by atoms with van der Waals surface area (Å²) in [6.45, 7) is 5.70. The Labute approximate surface area is 244 Å². The van der Waals surface area contributed by atoms with E-state index in [0.29, 0.717) is 56.7 Å².